The van der Waals surface area contributed by atoms with Crippen LogP contribution in [-0.2, 0) is 6.54 Å². The predicted octanol–water partition coefficient (Wildman–Crippen LogP) is 2.78. The third-order valence-electron chi connectivity index (χ3n) is 3.06. The number of hydrogen-bond donors (Lipinski definition) is 0. The van der Waals surface area contributed by atoms with Gasteiger partial charge in [0.2, 0.25) is 12.3 Å². The highest BCUT2D eigenvalue weighted by Crippen LogP contribution is 2.16. The molecule has 2 rings (SSSR count). The average Bonchev–Trinajstić information content (AvgIpc) is 2.28. The van der Waals surface area contributed by atoms with Crippen LogP contribution in [0.3, 0.4) is 0 Å². The van der Waals surface area contributed by atoms with Gasteiger partial charge in [0.25, 0.3) is 0 Å². The molecule has 18 heavy (non-hydrogen) atoms. The molecule has 0 saturated carbocycles. The minimum atomic E-state index is 0.168. The fraction of sp³-hybridized carbons (Fsp3) is 0.250. The second-order valence-electron chi connectivity index (χ2n) is 4.74. The first-order valence-corrected chi connectivity index (χ1v) is 6.13. The van der Waals surface area contributed by atoms with Crippen LogP contribution in [0.4, 0.5) is 0 Å². The molecule has 0 N–H and O–H groups in total. The third kappa shape index (κ3) is 2.65. The van der Waals surface area contributed by atoms with Gasteiger partial charge >= 0.3 is 0 Å². The Hall–Kier alpha value is -1.96. The fourth-order valence-corrected chi connectivity index (χ4v) is 2.40. The maximum atomic E-state index is 12.3. The summed E-state index contributed by atoms with van der Waals surface area (Å²) in [6.45, 7) is 6.46. The second-order valence-corrected chi connectivity index (χ2v) is 4.74. The van der Waals surface area contributed by atoms with Gasteiger partial charge in [0.15, 0.2) is 12.4 Å². The van der Waals surface area contributed by atoms with Gasteiger partial charge in [0.05, 0.1) is 0 Å². The summed E-state index contributed by atoms with van der Waals surface area (Å²) in [6, 6.07) is 9.94. The Morgan fingerprint density at radius 3 is 2.11 bits per heavy atom. The molecule has 0 aliphatic rings. The van der Waals surface area contributed by atoms with E-state index in [4.69, 9.17) is 0 Å². The van der Waals surface area contributed by atoms with Gasteiger partial charge in [-0.3, -0.25) is 4.79 Å². The van der Waals surface area contributed by atoms with Crippen molar-refractivity contribution >= 4 is 5.78 Å². The lowest BCUT2D eigenvalue weighted by atomic mass is 9.96. The summed E-state index contributed by atoms with van der Waals surface area (Å²) in [5.41, 5.74) is 4.19. The lowest BCUT2D eigenvalue weighted by molar-refractivity contribution is -0.683. The van der Waals surface area contributed by atoms with Gasteiger partial charge in [0, 0.05) is 17.7 Å². The number of ketones is 1. The van der Waals surface area contributed by atoms with Crippen LogP contribution in [0.1, 0.15) is 27.0 Å². The van der Waals surface area contributed by atoms with E-state index < -0.39 is 0 Å². The monoisotopic (exact) mass is 240 g/mol. The highest BCUT2D eigenvalue weighted by atomic mass is 16.1. The SMILES string of the molecule is Cc1cc(C)c(C(=O)C[n+]2ccccc2)c(C)c1. The van der Waals surface area contributed by atoms with E-state index >= 15 is 0 Å². The van der Waals surface area contributed by atoms with E-state index in [0.29, 0.717) is 6.54 Å². The molecule has 0 atom stereocenters. The number of nitrogens with zero attached hydrogens (tertiary/aromatic N) is 1. The number of pyridine rings is 1. The van der Waals surface area contributed by atoms with Gasteiger partial charge in [-0.2, -0.15) is 4.57 Å². The third-order valence-corrected chi connectivity index (χ3v) is 3.06. The molecule has 0 saturated heterocycles. The first-order chi connectivity index (χ1) is 8.58. The minimum absolute atomic E-state index is 0.168. The van der Waals surface area contributed by atoms with Crippen molar-refractivity contribution in [1.82, 2.24) is 0 Å². The van der Waals surface area contributed by atoms with E-state index in [1.165, 1.54) is 5.56 Å². The zero-order valence-electron chi connectivity index (χ0n) is 11.1. The molecule has 1 aromatic carbocycles. The van der Waals surface area contributed by atoms with Crippen molar-refractivity contribution in [3.63, 3.8) is 0 Å². The lowest BCUT2D eigenvalue weighted by Crippen LogP contribution is -2.37. The molecule has 1 aromatic heterocycles. The molecule has 0 aliphatic heterocycles. The second kappa shape index (κ2) is 5.13. The molecule has 2 heteroatoms. The summed E-state index contributed by atoms with van der Waals surface area (Å²) in [5.74, 6) is 0.168. The number of aromatic nitrogens is 1. The van der Waals surface area contributed by atoms with E-state index in [1.807, 2.05) is 49.0 Å². The average molecular weight is 240 g/mol. The van der Waals surface area contributed by atoms with E-state index in [1.54, 1.807) is 0 Å². The Kier molecular flexibility index (Phi) is 3.56. The van der Waals surface area contributed by atoms with Crippen molar-refractivity contribution in [1.29, 1.82) is 0 Å². The molecule has 1 heterocycles. The molecule has 0 radical (unpaired) electrons. The molecule has 92 valence electrons. The summed E-state index contributed by atoms with van der Waals surface area (Å²) in [4.78, 5) is 12.3. The van der Waals surface area contributed by atoms with Crippen molar-refractivity contribution in [3.05, 3.63) is 65.0 Å². The van der Waals surface area contributed by atoms with E-state index in [9.17, 15) is 4.79 Å². The maximum absolute atomic E-state index is 12.3. The molecule has 0 aliphatic carbocycles. The van der Waals surface area contributed by atoms with Crippen LogP contribution < -0.4 is 4.57 Å². The summed E-state index contributed by atoms with van der Waals surface area (Å²) in [6.07, 6.45) is 3.83. The van der Waals surface area contributed by atoms with Crippen LogP contribution in [0.5, 0.6) is 0 Å². The summed E-state index contributed by atoms with van der Waals surface area (Å²) in [7, 11) is 0. The highest BCUT2D eigenvalue weighted by Gasteiger charge is 2.16. The zero-order chi connectivity index (χ0) is 13.1. The molecule has 2 nitrogen and oxygen atoms in total. The number of Topliss-reactive ketones (excluding diaryl/α,β-unsaturated/α-hetero) is 1. The first-order valence-electron chi connectivity index (χ1n) is 6.13. The van der Waals surface area contributed by atoms with Crippen LogP contribution in [0.25, 0.3) is 0 Å². The lowest BCUT2D eigenvalue weighted by Gasteiger charge is -2.08. The largest absolute Gasteiger partial charge is 0.287 e. The quantitative estimate of drug-likeness (QED) is 0.597. The van der Waals surface area contributed by atoms with Crippen molar-refractivity contribution in [2.24, 2.45) is 0 Å². The minimum Gasteiger partial charge on any atom is -0.287 e. The number of benzene rings is 1. The Morgan fingerprint density at radius 1 is 1.00 bits per heavy atom. The Morgan fingerprint density at radius 2 is 1.56 bits per heavy atom. The van der Waals surface area contributed by atoms with Crippen LogP contribution in [0.2, 0.25) is 0 Å². The Labute approximate surface area is 108 Å². The molecular formula is C16H18NO+. The number of hydrogen-bond acceptors (Lipinski definition) is 1. The zero-order valence-corrected chi connectivity index (χ0v) is 11.1. The van der Waals surface area contributed by atoms with Crippen LogP contribution in [0, 0.1) is 20.8 Å². The molecule has 0 amide bonds. The fourth-order valence-electron chi connectivity index (χ4n) is 2.40. The van der Waals surface area contributed by atoms with Gasteiger partial charge in [-0.05, 0) is 31.9 Å². The highest BCUT2D eigenvalue weighted by molar-refractivity contribution is 5.97. The van der Waals surface area contributed by atoms with Crippen LogP contribution in [0.15, 0.2) is 42.7 Å². The smallest absolute Gasteiger partial charge is 0.228 e. The van der Waals surface area contributed by atoms with Gasteiger partial charge < -0.3 is 0 Å². The first kappa shape index (κ1) is 12.5. The Balaban J connectivity index is 2.30. The van der Waals surface area contributed by atoms with Crippen molar-refractivity contribution in [2.75, 3.05) is 0 Å². The molecule has 0 bridgehead atoms. The topological polar surface area (TPSA) is 20.9 Å². The molecular weight excluding hydrogens is 222 g/mol. The normalized spacial score (nSPS) is 10.4. The summed E-state index contributed by atoms with van der Waals surface area (Å²) >= 11 is 0. The van der Waals surface area contributed by atoms with Gasteiger partial charge in [0.1, 0.15) is 0 Å². The molecule has 0 spiro atoms. The molecule has 2 aromatic rings. The van der Waals surface area contributed by atoms with Crippen molar-refractivity contribution in [2.45, 2.75) is 27.3 Å². The number of aryl methyl sites for hydroxylation is 3. The number of carbonyl (C=O) groups is 1. The van der Waals surface area contributed by atoms with Gasteiger partial charge in [-0.1, -0.05) is 23.8 Å². The maximum Gasteiger partial charge on any atom is 0.228 e. The Bertz CT molecular complexity index is 550. The molecule has 0 unspecified atom stereocenters. The molecule has 0 fully saturated rings. The standard InChI is InChI=1S/C16H18NO/c1-12-9-13(2)16(14(3)10-12)15(18)11-17-7-5-4-6-8-17/h4-10H,11H2,1-3H3/q+1. The number of carbonyl (C=O) groups excluding carboxylic acids is 1. The van der Waals surface area contributed by atoms with Crippen molar-refractivity contribution in [3.8, 4) is 0 Å². The van der Waals surface area contributed by atoms with E-state index in [-0.39, 0.29) is 5.78 Å². The van der Waals surface area contributed by atoms with E-state index in [2.05, 4.69) is 19.1 Å². The summed E-state index contributed by atoms with van der Waals surface area (Å²) in [5, 5.41) is 0. The van der Waals surface area contributed by atoms with Gasteiger partial charge in [-0.15, -0.1) is 0 Å². The summed E-state index contributed by atoms with van der Waals surface area (Å²) < 4.78 is 1.90. The van der Waals surface area contributed by atoms with Gasteiger partial charge in [-0.25, -0.2) is 0 Å². The van der Waals surface area contributed by atoms with Crippen LogP contribution >= 0.6 is 0 Å². The number of rotatable bonds is 3. The van der Waals surface area contributed by atoms with Crippen LogP contribution in [-0.4, -0.2) is 5.78 Å². The van der Waals surface area contributed by atoms with Crippen molar-refractivity contribution < 1.29 is 9.36 Å². The van der Waals surface area contributed by atoms with E-state index in [0.717, 1.165) is 16.7 Å². The predicted molar refractivity (Wildman–Crippen MR) is 71.6 cm³/mol.